The number of hydrogen-bond donors (Lipinski definition) is 1. The van der Waals surface area contributed by atoms with Gasteiger partial charge in [0.05, 0.1) is 0 Å². The first-order valence-corrected chi connectivity index (χ1v) is 5.14. The van der Waals surface area contributed by atoms with Gasteiger partial charge in [-0.3, -0.25) is 0 Å². The molecule has 0 radical (unpaired) electrons. The summed E-state index contributed by atoms with van der Waals surface area (Å²) in [5.74, 6) is 0. The Bertz CT molecular complexity index is 216. The molecule has 1 aliphatic heterocycles. The molecule has 0 aromatic carbocycles. The Balaban J connectivity index is 0.00000196. The lowest BCUT2D eigenvalue weighted by Crippen LogP contribution is -2.42. The number of rotatable bonds is 1. The fourth-order valence-electron chi connectivity index (χ4n) is 1.64. The zero-order chi connectivity index (χ0) is 10.8. The van der Waals surface area contributed by atoms with E-state index in [0.717, 1.165) is 19.4 Å². The number of amides is 1. The van der Waals surface area contributed by atoms with Crippen molar-refractivity contribution in [1.29, 1.82) is 0 Å². The highest BCUT2D eigenvalue weighted by molar-refractivity contribution is 5.85. The Kier molecular flexibility index (Phi) is 5.38. The van der Waals surface area contributed by atoms with Crippen LogP contribution in [0.25, 0.3) is 0 Å². The van der Waals surface area contributed by atoms with Gasteiger partial charge in [-0.2, -0.15) is 0 Å². The fraction of sp³-hybridized carbons (Fsp3) is 0.900. The molecule has 1 rings (SSSR count). The molecule has 90 valence electrons. The number of halogens is 1. The highest BCUT2D eigenvalue weighted by atomic mass is 35.5. The third-order valence-corrected chi connectivity index (χ3v) is 2.28. The van der Waals surface area contributed by atoms with E-state index in [1.807, 2.05) is 20.8 Å². The van der Waals surface area contributed by atoms with E-state index in [1.54, 1.807) is 4.90 Å². The van der Waals surface area contributed by atoms with E-state index in [-0.39, 0.29) is 24.5 Å². The summed E-state index contributed by atoms with van der Waals surface area (Å²) in [6.45, 7) is 6.92. The molecule has 5 heteroatoms. The van der Waals surface area contributed by atoms with Crippen LogP contribution in [-0.2, 0) is 4.74 Å². The van der Waals surface area contributed by atoms with Crippen LogP contribution in [0.2, 0.25) is 0 Å². The summed E-state index contributed by atoms with van der Waals surface area (Å²) in [6.07, 6.45) is 1.79. The minimum absolute atomic E-state index is 0. The van der Waals surface area contributed by atoms with Crippen molar-refractivity contribution in [1.82, 2.24) is 4.90 Å². The van der Waals surface area contributed by atoms with E-state index in [9.17, 15) is 4.79 Å². The number of nitrogens with zero attached hydrogens (tertiary/aromatic N) is 1. The molecular formula is C10H21ClN2O2. The summed E-state index contributed by atoms with van der Waals surface area (Å²) in [4.78, 5) is 13.4. The van der Waals surface area contributed by atoms with E-state index in [0.29, 0.717) is 6.54 Å². The molecule has 2 N–H and O–H groups in total. The second-order valence-electron chi connectivity index (χ2n) is 4.71. The largest absolute Gasteiger partial charge is 0.444 e. The average molecular weight is 237 g/mol. The molecule has 0 spiro atoms. The molecular weight excluding hydrogens is 216 g/mol. The SMILES string of the molecule is CC(C)(C)OC(=O)N1CCC[C@H]1CN.Cl. The van der Waals surface area contributed by atoms with Crippen LogP contribution in [0.3, 0.4) is 0 Å². The average Bonchev–Trinajstić information content (AvgIpc) is 2.47. The number of likely N-dealkylation sites (tertiary alicyclic amines) is 1. The molecule has 0 aliphatic carbocycles. The monoisotopic (exact) mass is 236 g/mol. The number of carbonyl (C=O) groups is 1. The molecule has 1 saturated heterocycles. The van der Waals surface area contributed by atoms with Crippen LogP contribution in [0, 0.1) is 0 Å². The number of hydrogen-bond acceptors (Lipinski definition) is 3. The van der Waals surface area contributed by atoms with E-state index in [1.165, 1.54) is 0 Å². The van der Waals surface area contributed by atoms with E-state index in [2.05, 4.69) is 0 Å². The van der Waals surface area contributed by atoms with Gasteiger partial charge in [0.25, 0.3) is 0 Å². The van der Waals surface area contributed by atoms with Gasteiger partial charge in [0, 0.05) is 19.1 Å². The second-order valence-corrected chi connectivity index (χ2v) is 4.71. The minimum atomic E-state index is -0.418. The van der Waals surface area contributed by atoms with Crippen LogP contribution >= 0.6 is 12.4 Å². The third kappa shape index (κ3) is 4.26. The van der Waals surface area contributed by atoms with Crippen molar-refractivity contribution in [2.45, 2.75) is 45.3 Å². The molecule has 1 aliphatic rings. The molecule has 15 heavy (non-hydrogen) atoms. The van der Waals surface area contributed by atoms with Crippen molar-refractivity contribution in [2.24, 2.45) is 5.73 Å². The maximum absolute atomic E-state index is 11.7. The topological polar surface area (TPSA) is 55.6 Å². The Morgan fingerprint density at radius 3 is 2.60 bits per heavy atom. The minimum Gasteiger partial charge on any atom is -0.444 e. The molecule has 1 heterocycles. The summed E-state index contributed by atoms with van der Waals surface area (Å²) >= 11 is 0. The quantitative estimate of drug-likeness (QED) is 0.755. The van der Waals surface area contributed by atoms with E-state index in [4.69, 9.17) is 10.5 Å². The molecule has 0 aromatic rings. The van der Waals surface area contributed by atoms with Gasteiger partial charge in [-0.25, -0.2) is 4.79 Å². The van der Waals surface area contributed by atoms with Gasteiger partial charge < -0.3 is 15.4 Å². The molecule has 0 unspecified atom stereocenters. The normalized spacial score (nSPS) is 21.1. The number of nitrogens with two attached hydrogens (primary N) is 1. The summed E-state index contributed by atoms with van der Waals surface area (Å²) in [7, 11) is 0. The molecule has 0 saturated carbocycles. The number of ether oxygens (including phenoxy) is 1. The molecule has 1 fully saturated rings. The first kappa shape index (κ1) is 14.5. The highest BCUT2D eigenvalue weighted by Gasteiger charge is 2.30. The summed E-state index contributed by atoms with van der Waals surface area (Å²) in [5, 5.41) is 0. The lowest BCUT2D eigenvalue weighted by Gasteiger charge is -2.27. The maximum atomic E-state index is 11.7. The van der Waals surface area contributed by atoms with E-state index >= 15 is 0 Å². The number of carbonyl (C=O) groups excluding carboxylic acids is 1. The predicted molar refractivity (Wildman–Crippen MR) is 62.3 cm³/mol. The molecule has 0 aromatic heterocycles. The van der Waals surface area contributed by atoms with Gasteiger partial charge in [-0.1, -0.05) is 0 Å². The van der Waals surface area contributed by atoms with Gasteiger partial charge in [0.15, 0.2) is 0 Å². The first-order chi connectivity index (χ1) is 6.44. The molecule has 0 bridgehead atoms. The van der Waals surface area contributed by atoms with Crippen LogP contribution in [0.4, 0.5) is 4.79 Å². The standard InChI is InChI=1S/C10H20N2O2.ClH/c1-10(2,3)14-9(13)12-6-4-5-8(12)7-11;/h8H,4-7,11H2,1-3H3;1H/t8-;/m0./s1. The third-order valence-electron chi connectivity index (χ3n) is 2.28. The van der Waals surface area contributed by atoms with Crippen molar-refractivity contribution in [3.63, 3.8) is 0 Å². The smallest absolute Gasteiger partial charge is 0.410 e. The van der Waals surface area contributed by atoms with Crippen LogP contribution in [-0.4, -0.2) is 35.7 Å². The fourth-order valence-corrected chi connectivity index (χ4v) is 1.64. The summed E-state index contributed by atoms with van der Waals surface area (Å²) in [5.41, 5.74) is 5.16. The predicted octanol–water partition coefficient (Wildman–Crippen LogP) is 1.77. The van der Waals surface area contributed by atoms with E-state index < -0.39 is 5.60 Å². The molecule has 1 amide bonds. The van der Waals surface area contributed by atoms with Crippen LogP contribution in [0.5, 0.6) is 0 Å². The van der Waals surface area contributed by atoms with Crippen molar-refractivity contribution >= 4 is 18.5 Å². The van der Waals surface area contributed by atoms with Crippen molar-refractivity contribution in [2.75, 3.05) is 13.1 Å². The lowest BCUT2D eigenvalue weighted by atomic mass is 10.2. The molecule has 1 atom stereocenters. The van der Waals surface area contributed by atoms with Crippen molar-refractivity contribution in [3.05, 3.63) is 0 Å². The van der Waals surface area contributed by atoms with Crippen LogP contribution in [0.1, 0.15) is 33.6 Å². The zero-order valence-electron chi connectivity index (χ0n) is 9.66. The van der Waals surface area contributed by atoms with Gasteiger partial charge in [-0.15, -0.1) is 12.4 Å². The van der Waals surface area contributed by atoms with Gasteiger partial charge in [-0.05, 0) is 33.6 Å². The second kappa shape index (κ2) is 5.56. The first-order valence-electron chi connectivity index (χ1n) is 5.14. The van der Waals surface area contributed by atoms with Gasteiger partial charge in [0.2, 0.25) is 0 Å². The Labute approximate surface area is 97.5 Å². The maximum Gasteiger partial charge on any atom is 0.410 e. The summed E-state index contributed by atoms with van der Waals surface area (Å²) < 4.78 is 5.29. The Morgan fingerprint density at radius 1 is 1.53 bits per heavy atom. The Morgan fingerprint density at radius 2 is 2.13 bits per heavy atom. The summed E-state index contributed by atoms with van der Waals surface area (Å²) in [6, 6.07) is 0.171. The van der Waals surface area contributed by atoms with Crippen molar-refractivity contribution in [3.8, 4) is 0 Å². The van der Waals surface area contributed by atoms with Crippen LogP contribution < -0.4 is 5.73 Å². The highest BCUT2D eigenvalue weighted by Crippen LogP contribution is 2.19. The molecule has 4 nitrogen and oxygen atoms in total. The van der Waals surface area contributed by atoms with Gasteiger partial charge >= 0.3 is 6.09 Å². The lowest BCUT2D eigenvalue weighted by molar-refractivity contribution is 0.0232. The van der Waals surface area contributed by atoms with Gasteiger partial charge in [0.1, 0.15) is 5.60 Å². The zero-order valence-corrected chi connectivity index (χ0v) is 10.5. The Hall–Kier alpha value is -0.480. The van der Waals surface area contributed by atoms with Crippen molar-refractivity contribution < 1.29 is 9.53 Å². The van der Waals surface area contributed by atoms with Crippen LogP contribution in [0.15, 0.2) is 0 Å².